The number of nitrogens with one attached hydrogen (secondary N) is 1. The number of benzene rings is 1. The summed E-state index contributed by atoms with van der Waals surface area (Å²) >= 11 is 0. The maximum absolute atomic E-state index is 11.6. The molecule has 0 aromatic heterocycles. The smallest absolute Gasteiger partial charge is 0.225 e. The van der Waals surface area contributed by atoms with Crippen molar-refractivity contribution in [3.63, 3.8) is 0 Å². The second-order valence-electron chi connectivity index (χ2n) is 4.04. The summed E-state index contributed by atoms with van der Waals surface area (Å²) in [4.78, 5) is 11.6. The van der Waals surface area contributed by atoms with E-state index in [2.05, 4.69) is 5.32 Å². The minimum absolute atomic E-state index is 0.000967. The van der Waals surface area contributed by atoms with Crippen LogP contribution in [-0.2, 0) is 11.2 Å². The molecule has 1 aromatic rings. The molecule has 1 aliphatic heterocycles. The lowest BCUT2D eigenvalue weighted by Crippen LogP contribution is -2.49. The average Bonchev–Trinajstić information content (AvgIpc) is 2.25. The van der Waals surface area contributed by atoms with Gasteiger partial charge in [-0.25, -0.2) is 0 Å². The Morgan fingerprint density at radius 2 is 2.07 bits per heavy atom. The highest BCUT2D eigenvalue weighted by Gasteiger charge is 2.28. The first-order valence-electron chi connectivity index (χ1n) is 5.34. The molecule has 0 spiro atoms. The van der Waals surface area contributed by atoms with Crippen LogP contribution in [0.4, 0.5) is 0 Å². The van der Waals surface area contributed by atoms with Crippen LogP contribution in [0.3, 0.4) is 0 Å². The van der Waals surface area contributed by atoms with Crippen molar-refractivity contribution in [2.24, 2.45) is 11.7 Å². The van der Waals surface area contributed by atoms with Crippen molar-refractivity contribution >= 4 is 5.91 Å². The van der Waals surface area contributed by atoms with E-state index in [4.69, 9.17) is 5.73 Å². The highest BCUT2D eigenvalue weighted by Crippen LogP contribution is 2.16. The van der Waals surface area contributed by atoms with E-state index in [-0.39, 0.29) is 17.9 Å². The number of rotatable bonds is 2. The van der Waals surface area contributed by atoms with Gasteiger partial charge < -0.3 is 11.1 Å². The number of nitrogens with two attached hydrogens (primary N) is 1. The van der Waals surface area contributed by atoms with Gasteiger partial charge in [0.15, 0.2) is 0 Å². The summed E-state index contributed by atoms with van der Waals surface area (Å²) < 4.78 is 0. The molecule has 2 atom stereocenters. The third kappa shape index (κ3) is 2.36. The first-order chi connectivity index (χ1) is 7.27. The highest BCUT2D eigenvalue weighted by atomic mass is 16.2. The second-order valence-corrected chi connectivity index (χ2v) is 4.04. The molecule has 0 saturated carbocycles. The van der Waals surface area contributed by atoms with Gasteiger partial charge in [0.25, 0.3) is 0 Å². The van der Waals surface area contributed by atoms with Crippen LogP contribution in [-0.4, -0.2) is 18.5 Å². The summed E-state index contributed by atoms with van der Waals surface area (Å²) in [6, 6.07) is 10.0. The van der Waals surface area contributed by atoms with Gasteiger partial charge in [-0.05, 0) is 18.4 Å². The van der Waals surface area contributed by atoms with Gasteiger partial charge >= 0.3 is 0 Å². The minimum Gasteiger partial charge on any atom is -0.356 e. The van der Waals surface area contributed by atoms with Crippen LogP contribution >= 0.6 is 0 Å². The normalized spacial score (nSPS) is 26.1. The molecule has 1 aromatic carbocycles. The van der Waals surface area contributed by atoms with Gasteiger partial charge in [-0.1, -0.05) is 30.3 Å². The molecule has 1 saturated heterocycles. The van der Waals surface area contributed by atoms with Gasteiger partial charge in [0, 0.05) is 12.6 Å². The summed E-state index contributed by atoms with van der Waals surface area (Å²) in [6.45, 7) is 0.714. The maximum atomic E-state index is 11.6. The fourth-order valence-electron chi connectivity index (χ4n) is 2.00. The van der Waals surface area contributed by atoms with Crippen molar-refractivity contribution in [3.8, 4) is 0 Å². The molecule has 15 heavy (non-hydrogen) atoms. The van der Waals surface area contributed by atoms with Crippen molar-refractivity contribution in [1.82, 2.24) is 5.32 Å². The molecular formula is C12H16N2O. The lowest BCUT2D eigenvalue weighted by Gasteiger charge is -2.28. The third-order valence-electron chi connectivity index (χ3n) is 2.93. The summed E-state index contributed by atoms with van der Waals surface area (Å²) in [5, 5.41) is 2.86. The number of piperidine rings is 1. The molecule has 1 fully saturated rings. The maximum Gasteiger partial charge on any atom is 0.225 e. The van der Waals surface area contributed by atoms with Crippen molar-refractivity contribution in [2.75, 3.05) is 6.54 Å². The zero-order valence-corrected chi connectivity index (χ0v) is 8.65. The molecule has 3 nitrogen and oxygen atoms in total. The van der Waals surface area contributed by atoms with Crippen LogP contribution in [0.5, 0.6) is 0 Å². The summed E-state index contributed by atoms with van der Waals surface area (Å²) in [5.41, 5.74) is 7.13. The molecular weight excluding hydrogens is 188 g/mol. The fraction of sp³-hybridized carbons (Fsp3) is 0.417. The Labute approximate surface area is 89.7 Å². The third-order valence-corrected chi connectivity index (χ3v) is 2.93. The molecule has 1 heterocycles. The molecule has 1 unspecified atom stereocenters. The number of hydrogen-bond acceptors (Lipinski definition) is 2. The first-order valence-corrected chi connectivity index (χ1v) is 5.34. The van der Waals surface area contributed by atoms with Crippen LogP contribution in [0.25, 0.3) is 0 Å². The molecule has 80 valence electrons. The van der Waals surface area contributed by atoms with E-state index in [1.54, 1.807) is 0 Å². The van der Waals surface area contributed by atoms with E-state index in [0.717, 1.165) is 12.8 Å². The molecule has 0 radical (unpaired) electrons. The zero-order valence-electron chi connectivity index (χ0n) is 8.65. The lowest BCUT2D eigenvalue weighted by atomic mass is 9.87. The van der Waals surface area contributed by atoms with Crippen LogP contribution in [0.1, 0.15) is 12.0 Å². The van der Waals surface area contributed by atoms with Gasteiger partial charge in [-0.2, -0.15) is 0 Å². The average molecular weight is 204 g/mol. The monoisotopic (exact) mass is 204 g/mol. The van der Waals surface area contributed by atoms with E-state index < -0.39 is 0 Å². The zero-order chi connectivity index (χ0) is 10.7. The molecule has 3 N–H and O–H groups in total. The van der Waals surface area contributed by atoms with Crippen LogP contribution in [0, 0.1) is 5.92 Å². The topological polar surface area (TPSA) is 55.1 Å². The Bertz CT molecular complexity index is 337. The van der Waals surface area contributed by atoms with Gasteiger partial charge in [-0.3, -0.25) is 4.79 Å². The van der Waals surface area contributed by atoms with E-state index in [0.29, 0.717) is 6.54 Å². The molecule has 3 heteroatoms. The molecule has 0 aliphatic carbocycles. The number of carbonyl (C=O) groups excluding carboxylic acids is 1. The minimum atomic E-state index is -0.0684. The molecule has 2 rings (SSSR count). The van der Waals surface area contributed by atoms with E-state index in [1.165, 1.54) is 5.56 Å². The van der Waals surface area contributed by atoms with Crippen molar-refractivity contribution in [1.29, 1.82) is 0 Å². The number of carbonyl (C=O) groups is 1. The van der Waals surface area contributed by atoms with Crippen molar-refractivity contribution in [2.45, 2.75) is 18.9 Å². The molecule has 1 aliphatic rings. The summed E-state index contributed by atoms with van der Waals surface area (Å²) in [6.07, 6.45) is 1.62. The van der Waals surface area contributed by atoms with Gasteiger partial charge in [0.1, 0.15) is 0 Å². The standard InChI is InChI=1S/C12H16N2O/c13-11-6-7-14-12(15)10(11)8-9-4-2-1-3-5-9/h1-5,10-11H,6-8,13H2,(H,14,15)/t10?,11-/m0/s1. The van der Waals surface area contributed by atoms with Gasteiger partial charge in [0.2, 0.25) is 5.91 Å². The lowest BCUT2D eigenvalue weighted by molar-refractivity contribution is -0.127. The Hall–Kier alpha value is -1.35. The predicted octanol–water partition coefficient (Wildman–Crippen LogP) is 0.692. The van der Waals surface area contributed by atoms with Crippen molar-refractivity contribution in [3.05, 3.63) is 35.9 Å². The highest BCUT2D eigenvalue weighted by molar-refractivity contribution is 5.80. The predicted molar refractivity (Wildman–Crippen MR) is 59.2 cm³/mol. The Kier molecular flexibility index (Phi) is 3.02. The van der Waals surface area contributed by atoms with E-state index in [9.17, 15) is 4.79 Å². The van der Waals surface area contributed by atoms with Gasteiger partial charge in [0.05, 0.1) is 5.92 Å². The van der Waals surface area contributed by atoms with Crippen molar-refractivity contribution < 1.29 is 4.79 Å². The Morgan fingerprint density at radius 3 is 2.73 bits per heavy atom. The van der Waals surface area contributed by atoms with Crippen LogP contribution in [0.15, 0.2) is 30.3 Å². The Balaban J connectivity index is 2.07. The molecule has 0 bridgehead atoms. The molecule has 1 amide bonds. The Morgan fingerprint density at radius 1 is 1.33 bits per heavy atom. The van der Waals surface area contributed by atoms with Gasteiger partial charge in [-0.15, -0.1) is 0 Å². The van der Waals surface area contributed by atoms with E-state index in [1.807, 2.05) is 30.3 Å². The van der Waals surface area contributed by atoms with Crippen LogP contribution < -0.4 is 11.1 Å². The SMILES string of the molecule is N[C@H]1CCNC(=O)C1Cc1ccccc1. The quantitative estimate of drug-likeness (QED) is 0.744. The first kappa shape index (κ1) is 10.2. The van der Waals surface area contributed by atoms with E-state index >= 15 is 0 Å². The summed E-state index contributed by atoms with van der Waals surface area (Å²) in [7, 11) is 0. The largest absolute Gasteiger partial charge is 0.356 e. The van der Waals surface area contributed by atoms with Crippen LogP contribution in [0.2, 0.25) is 0 Å². The second kappa shape index (κ2) is 4.45. The fourth-order valence-corrected chi connectivity index (χ4v) is 2.00. The number of hydrogen-bond donors (Lipinski definition) is 2. The number of amides is 1. The summed E-state index contributed by atoms with van der Waals surface area (Å²) in [5.74, 6) is 0.0266.